The lowest BCUT2D eigenvalue weighted by molar-refractivity contribution is 0.268. The third kappa shape index (κ3) is 6.54. The van der Waals surface area contributed by atoms with Crippen LogP contribution in [0.2, 0.25) is 0 Å². The summed E-state index contributed by atoms with van der Waals surface area (Å²) in [7, 11) is -2.67. The Balaban J connectivity index is 1.79. The third-order valence-corrected chi connectivity index (χ3v) is 6.43. The molecule has 3 rings (SSSR count). The summed E-state index contributed by atoms with van der Waals surface area (Å²) < 4.78 is 41.5. The molecule has 3 aromatic carbocycles. The summed E-state index contributed by atoms with van der Waals surface area (Å²) in [6.45, 7) is 0. The van der Waals surface area contributed by atoms with Crippen LogP contribution >= 0.6 is 39.5 Å². The Labute approximate surface area is 195 Å². The molecule has 0 amide bonds. The summed E-state index contributed by atoms with van der Waals surface area (Å²) >= 11 is 6.81. The minimum atomic E-state index is -3.81. The van der Waals surface area contributed by atoms with E-state index in [-0.39, 0.29) is 11.6 Å². The molecule has 0 aliphatic rings. The fourth-order valence-corrected chi connectivity index (χ4v) is 4.36. The second-order valence-electron chi connectivity index (χ2n) is 6.51. The number of ether oxygens (including phenoxy) is 2. The number of rotatable bonds is 8. The van der Waals surface area contributed by atoms with Crippen LogP contribution < -0.4 is 9.47 Å². The normalized spacial score (nSPS) is 12.9. The first-order valence-corrected chi connectivity index (χ1v) is 12.3. The first-order valence-electron chi connectivity index (χ1n) is 8.90. The van der Waals surface area contributed by atoms with E-state index < -0.39 is 13.9 Å². The molecule has 0 radical (unpaired) electrons. The van der Waals surface area contributed by atoms with Gasteiger partial charge in [0.2, 0.25) is 0 Å². The number of phenols is 1. The first kappa shape index (κ1) is 23.8. The molecule has 10 heteroatoms. The van der Waals surface area contributed by atoms with E-state index in [4.69, 9.17) is 9.47 Å². The van der Waals surface area contributed by atoms with E-state index in [1.165, 1.54) is 18.2 Å². The maximum Gasteiger partial charge on any atom is 0.364 e. The van der Waals surface area contributed by atoms with Crippen molar-refractivity contribution in [2.45, 2.75) is 6.42 Å². The number of benzene rings is 3. The van der Waals surface area contributed by atoms with Gasteiger partial charge >= 0.3 is 7.60 Å². The summed E-state index contributed by atoms with van der Waals surface area (Å²) in [5, 5.41) is 10.2. The van der Waals surface area contributed by atoms with Gasteiger partial charge in [0.25, 0.3) is 0 Å². The highest BCUT2D eigenvalue weighted by atomic mass is 79.9. The molecule has 0 bridgehead atoms. The summed E-state index contributed by atoms with van der Waals surface area (Å²) in [4.78, 5) is 9.46. The molecule has 31 heavy (non-hydrogen) atoms. The Morgan fingerprint density at radius 3 is 2.26 bits per heavy atom. The van der Waals surface area contributed by atoms with Gasteiger partial charge in [-0.1, -0.05) is 12.1 Å². The van der Waals surface area contributed by atoms with Crippen LogP contribution in [0.15, 0.2) is 63.5 Å². The molecule has 0 heterocycles. The molecule has 1 unspecified atom stereocenters. The molecule has 0 aromatic heterocycles. The van der Waals surface area contributed by atoms with Crippen molar-refractivity contribution in [2.75, 3.05) is 13.5 Å². The van der Waals surface area contributed by atoms with Crippen LogP contribution in [0, 0.1) is 5.82 Å². The Morgan fingerprint density at radius 2 is 1.65 bits per heavy atom. The highest BCUT2D eigenvalue weighted by molar-refractivity contribution is 9.11. The van der Waals surface area contributed by atoms with Gasteiger partial charge < -0.3 is 24.0 Å². The first-order chi connectivity index (χ1) is 14.7. The van der Waals surface area contributed by atoms with Crippen molar-refractivity contribution in [1.82, 2.24) is 0 Å². The number of aromatic hydroxyl groups is 1. The smallest absolute Gasteiger partial charge is 0.364 e. The minimum Gasteiger partial charge on any atom is -0.508 e. The van der Waals surface area contributed by atoms with Gasteiger partial charge in [-0.2, -0.15) is 0 Å². The van der Waals surface area contributed by atoms with Gasteiger partial charge in [0.15, 0.2) is 12.1 Å². The molecule has 0 saturated heterocycles. The Hall–Kier alpha value is -1.90. The van der Waals surface area contributed by atoms with E-state index in [1.807, 2.05) is 0 Å². The average Bonchev–Trinajstić information content (AvgIpc) is 2.73. The highest BCUT2D eigenvalue weighted by Crippen LogP contribution is 2.44. The van der Waals surface area contributed by atoms with Gasteiger partial charge in [-0.3, -0.25) is 4.57 Å². The van der Waals surface area contributed by atoms with Gasteiger partial charge in [0.1, 0.15) is 23.1 Å². The molecule has 3 aromatic rings. The van der Waals surface area contributed by atoms with Crippen molar-refractivity contribution in [3.8, 4) is 23.0 Å². The molecule has 0 spiro atoms. The number of phenolic OH excluding ortho intramolecular Hbond substituents is 1. The maximum atomic E-state index is 13.1. The summed E-state index contributed by atoms with van der Waals surface area (Å²) in [6.07, 6.45) is -0.0908. The van der Waals surface area contributed by atoms with Gasteiger partial charge in [-0.15, -0.1) is 0 Å². The predicted molar refractivity (Wildman–Crippen MR) is 122 cm³/mol. The van der Waals surface area contributed by atoms with Crippen molar-refractivity contribution in [1.29, 1.82) is 0 Å². The number of hydrogen-bond donors (Lipinski definition) is 2. The van der Waals surface area contributed by atoms with Crippen molar-refractivity contribution in [3.05, 3.63) is 80.5 Å². The quantitative estimate of drug-likeness (QED) is 0.294. The third-order valence-electron chi connectivity index (χ3n) is 4.23. The second-order valence-corrected chi connectivity index (χ2v) is 10.1. The van der Waals surface area contributed by atoms with Crippen molar-refractivity contribution in [3.63, 3.8) is 0 Å². The number of hydrogen-bond acceptors (Lipinski definition) is 5. The Morgan fingerprint density at radius 1 is 1.00 bits per heavy atom. The zero-order valence-corrected chi connectivity index (χ0v) is 20.3. The SMILES string of the molecule is COP(=O)(O)COc1cc(Br)c(Oc2ccc(O)c(Cc3ccc(F)cc3)c2)c(Br)c1. The van der Waals surface area contributed by atoms with Crippen LogP contribution in [0.5, 0.6) is 23.0 Å². The summed E-state index contributed by atoms with van der Waals surface area (Å²) in [6, 6.07) is 14.1. The zero-order chi connectivity index (χ0) is 22.6. The fourth-order valence-electron chi connectivity index (χ4n) is 2.63. The topological polar surface area (TPSA) is 85.2 Å². The standard InChI is InChI=1S/C21H18Br2FO6P/c1-28-31(26,27)12-29-17-10-18(22)21(19(23)11-17)30-16-6-7-20(25)14(9-16)8-13-2-4-15(24)5-3-13/h2-7,9-11,25H,8,12H2,1H3,(H,26,27). The van der Waals surface area contributed by atoms with E-state index >= 15 is 0 Å². The number of halogens is 3. The maximum absolute atomic E-state index is 13.1. The molecule has 2 N–H and O–H groups in total. The van der Waals surface area contributed by atoms with E-state index in [0.717, 1.165) is 12.7 Å². The summed E-state index contributed by atoms with van der Waals surface area (Å²) in [5.41, 5.74) is 1.46. The Kier molecular flexibility index (Phi) is 7.78. The highest BCUT2D eigenvalue weighted by Gasteiger charge is 2.19. The largest absolute Gasteiger partial charge is 0.508 e. The van der Waals surface area contributed by atoms with E-state index in [9.17, 15) is 19.0 Å². The molecule has 0 fully saturated rings. The molecular weight excluding hydrogens is 558 g/mol. The van der Waals surface area contributed by atoms with Crippen molar-refractivity contribution in [2.24, 2.45) is 0 Å². The van der Waals surface area contributed by atoms with Gasteiger partial charge in [-0.05, 0) is 79.9 Å². The van der Waals surface area contributed by atoms with Crippen LogP contribution in [0.25, 0.3) is 0 Å². The van der Waals surface area contributed by atoms with E-state index in [1.54, 1.807) is 36.4 Å². The van der Waals surface area contributed by atoms with Gasteiger partial charge in [0.05, 0.1) is 8.95 Å². The lowest BCUT2D eigenvalue weighted by Crippen LogP contribution is -2.00. The lowest BCUT2D eigenvalue weighted by atomic mass is 10.0. The monoisotopic (exact) mass is 574 g/mol. The van der Waals surface area contributed by atoms with Crippen molar-refractivity contribution >= 4 is 39.5 Å². The van der Waals surface area contributed by atoms with Crippen LogP contribution in [0.3, 0.4) is 0 Å². The molecule has 1 atom stereocenters. The average molecular weight is 576 g/mol. The Bertz CT molecular complexity index is 1100. The molecule has 6 nitrogen and oxygen atoms in total. The molecule has 0 aliphatic carbocycles. The van der Waals surface area contributed by atoms with Crippen molar-refractivity contribution < 1.29 is 33.0 Å². The molecule has 0 saturated carbocycles. The van der Waals surface area contributed by atoms with Crippen LogP contribution in [0.4, 0.5) is 4.39 Å². The summed E-state index contributed by atoms with van der Waals surface area (Å²) in [5.74, 6) is 1.04. The molecule has 0 aliphatic heterocycles. The lowest BCUT2D eigenvalue weighted by Gasteiger charge is -2.15. The van der Waals surface area contributed by atoms with Crippen LogP contribution in [-0.4, -0.2) is 23.5 Å². The minimum absolute atomic E-state index is 0.102. The second kappa shape index (κ2) is 10.1. The van der Waals surface area contributed by atoms with E-state index in [0.29, 0.717) is 38.2 Å². The molecule has 164 valence electrons. The van der Waals surface area contributed by atoms with Crippen LogP contribution in [0.1, 0.15) is 11.1 Å². The fraction of sp³-hybridized carbons (Fsp3) is 0.143. The van der Waals surface area contributed by atoms with Crippen LogP contribution in [-0.2, 0) is 15.5 Å². The zero-order valence-electron chi connectivity index (χ0n) is 16.2. The predicted octanol–water partition coefficient (Wildman–Crippen LogP) is 6.61. The molecular formula is C21H18Br2FO6P. The van der Waals surface area contributed by atoms with Gasteiger partial charge in [0, 0.05) is 19.1 Å². The van der Waals surface area contributed by atoms with Gasteiger partial charge in [-0.25, -0.2) is 4.39 Å². The van der Waals surface area contributed by atoms with E-state index in [2.05, 4.69) is 36.4 Å².